The largest absolute Gasteiger partial charge is 0.456 e. The van der Waals surface area contributed by atoms with Crippen LogP contribution in [0.5, 0.6) is 11.5 Å². The van der Waals surface area contributed by atoms with Crippen molar-refractivity contribution in [2.24, 2.45) is 0 Å². The van der Waals surface area contributed by atoms with Crippen LogP contribution in [0.1, 0.15) is 23.1 Å². The zero-order valence-corrected chi connectivity index (χ0v) is 12.2. The molecule has 0 N–H and O–H groups in total. The second-order valence-electron chi connectivity index (χ2n) is 4.83. The molecule has 0 amide bonds. The van der Waals surface area contributed by atoms with Crippen LogP contribution in [0.15, 0.2) is 41.3 Å². The maximum Gasteiger partial charge on any atom is 0.146 e. The lowest BCUT2D eigenvalue weighted by molar-refractivity contribution is 0.479. The van der Waals surface area contributed by atoms with Gasteiger partial charge in [-0.3, -0.25) is 0 Å². The molecule has 20 heavy (non-hydrogen) atoms. The van der Waals surface area contributed by atoms with Gasteiger partial charge in [-0.15, -0.1) is 11.8 Å². The number of benzene rings is 2. The highest BCUT2D eigenvalue weighted by Crippen LogP contribution is 2.33. The van der Waals surface area contributed by atoms with Crippen molar-refractivity contribution in [1.82, 2.24) is 0 Å². The number of hydrogen-bond acceptors (Lipinski definition) is 3. The second-order valence-corrected chi connectivity index (χ2v) is 5.68. The molecule has 2 aromatic carbocycles. The Bertz CT molecular complexity index is 688. The molecular weight excluding hydrogens is 266 g/mol. The van der Waals surface area contributed by atoms with E-state index in [2.05, 4.69) is 18.2 Å². The molecule has 0 heterocycles. The van der Waals surface area contributed by atoms with E-state index in [4.69, 9.17) is 4.74 Å². The van der Waals surface area contributed by atoms with E-state index < -0.39 is 0 Å². The minimum absolute atomic E-state index is 0.612. The predicted octanol–water partition coefficient (Wildman–Crippen LogP) is 4.56. The molecule has 0 bridgehead atoms. The summed E-state index contributed by atoms with van der Waals surface area (Å²) in [6.07, 6.45) is 5.49. The number of fused-ring (bicyclic) bond motifs is 1. The number of aryl methyl sites for hydroxylation is 2. The third kappa shape index (κ3) is 2.39. The summed E-state index contributed by atoms with van der Waals surface area (Å²) in [5, 5.41) is 9.32. The fourth-order valence-corrected chi connectivity index (χ4v) is 3.18. The van der Waals surface area contributed by atoms with Gasteiger partial charge in [0.1, 0.15) is 23.1 Å². The van der Waals surface area contributed by atoms with E-state index in [1.807, 2.05) is 30.5 Å². The normalized spacial score (nSPS) is 12.8. The van der Waals surface area contributed by atoms with Gasteiger partial charge in [-0.1, -0.05) is 12.1 Å². The first-order valence-electron chi connectivity index (χ1n) is 6.68. The van der Waals surface area contributed by atoms with Gasteiger partial charge in [0.2, 0.25) is 0 Å². The Morgan fingerprint density at radius 2 is 2.00 bits per heavy atom. The minimum atomic E-state index is 0.612. The predicted molar refractivity (Wildman–Crippen MR) is 81.5 cm³/mol. The van der Waals surface area contributed by atoms with Crippen molar-refractivity contribution in [2.75, 3.05) is 6.26 Å². The number of rotatable bonds is 3. The third-order valence-electron chi connectivity index (χ3n) is 3.62. The highest BCUT2D eigenvalue weighted by Gasteiger charge is 2.13. The second kappa shape index (κ2) is 5.60. The molecule has 0 fully saturated rings. The summed E-state index contributed by atoms with van der Waals surface area (Å²) in [7, 11) is 0. The molecule has 2 aromatic rings. The van der Waals surface area contributed by atoms with E-state index >= 15 is 0 Å². The number of hydrogen-bond donors (Lipinski definition) is 0. The zero-order chi connectivity index (χ0) is 13.9. The van der Waals surface area contributed by atoms with Gasteiger partial charge in [-0.2, -0.15) is 5.26 Å². The van der Waals surface area contributed by atoms with Crippen molar-refractivity contribution in [3.8, 4) is 17.6 Å². The fraction of sp³-hybridized carbons (Fsp3) is 0.235. The topological polar surface area (TPSA) is 33.0 Å². The molecule has 0 radical (unpaired) electrons. The molecule has 1 aliphatic rings. The first-order valence-corrected chi connectivity index (χ1v) is 7.91. The van der Waals surface area contributed by atoms with Crippen LogP contribution in [-0.4, -0.2) is 6.26 Å². The standard InChI is InChI=1S/C17H15NOS/c1-20-17-7-3-6-16(15(17)11-18)19-14-9-8-12-4-2-5-13(12)10-14/h3,6-10H,2,4-5H2,1H3. The van der Waals surface area contributed by atoms with E-state index in [9.17, 15) is 5.26 Å². The van der Waals surface area contributed by atoms with E-state index in [1.165, 1.54) is 24.0 Å². The van der Waals surface area contributed by atoms with E-state index in [0.717, 1.165) is 17.1 Å². The van der Waals surface area contributed by atoms with Crippen molar-refractivity contribution in [3.05, 3.63) is 53.1 Å². The first-order chi connectivity index (χ1) is 9.81. The molecule has 1 aliphatic carbocycles. The van der Waals surface area contributed by atoms with E-state index in [0.29, 0.717) is 11.3 Å². The van der Waals surface area contributed by atoms with Crippen LogP contribution in [0.4, 0.5) is 0 Å². The lowest BCUT2D eigenvalue weighted by atomic mass is 10.1. The maximum absolute atomic E-state index is 9.32. The Kier molecular flexibility index (Phi) is 3.66. The zero-order valence-electron chi connectivity index (χ0n) is 11.3. The fourth-order valence-electron chi connectivity index (χ4n) is 2.61. The SMILES string of the molecule is CSc1cccc(Oc2ccc3c(c2)CCC3)c1C#N. The van der Waals surface area contributed by atoms with Crippen molar-refractivity contribution in [3.63, 3.8) is 0 Å². The van der Waals surface area contributed by atoms with Gasteiger partial charge < -0.3 is 4.74 Å². The van der Waals surface area contributed by atoms with Crippen LogP contribution in [0.3, 0.4) is 0 Å². The Hall–Kier alpha value is -1.92. The molecule has 0 saturated carbocycles. The third-order valence-corrected chi connectivity index (χ3v) is 4.40. The van der Waals surface area contributed by atoms with Crippen molar-refractivity contribution in [1.29, 1.82) is 5.26 Å². The summed E-state index contributed by atoms with van der Waals surface area (Å²) in [6.45, 7) is 0. The minimum Gasteiger partial charge on any atom is -0.456 e. The number of nitrogens with zero attached hydrogens (tertiary/aromatic N) is 1. The molecule has 3 heteroatoms. The van der Waals surface area contributed by atoms with Crippen LogP contribution in [0, 0.1) is 11.3 Å². The van der Waals surface area contributed by atoms with Crippen LogP contribution in [0.2, 0.25) is 0 Å². The molecule has 100 valence electrons. The monoisotopic (exact) mass is 281 g/mol. The van der Waals surface area contributed by atoms with Crippen molar-refractivity contribution >= 4 is 11.8 Å². The lowest BCUT2D eigenvalue weighted by Crippen LogP contribution is -1.91. The van der Waals surface area contributed by atoms with Crippen LogP contribution < -0.4 is 4.74 Å². The molecule has 3 rings (SSSR count). The molecule has 2 nitrogen and oxygen atoms in total. The van der Waals surface area contributed by atoms with E-state index in [1.54, 1.807) is 11.8 Å². The van der Waals surface area contributed by atoms with Crippen molar-refractivity contribution in [2.45, 2.75) is 24.2 Å². The molecule has 0 spiro atoms. The van der Waals surface area contributed by atoms with Gasteiger partial charge >= 0.3 is 0 Å². The van der Waals surface area contributed by atoms with Crippen LogP contribution in [0.25, 0.3) is 0 Å². The Labute approximate surface area is 123 Å². The van der Waals surface area contributed by atoms with Crippen LogP contribution >= 0.6 is 11.8 Å². The van der Waals surface area contributed by atoms with Gasteiger partial charge in [0.25, 0.3) is 0 Å². The highest BCUT2D eigenvalue weighted by molar-refractivity contribution is 7.98. The van der Waals surface area contributed by atoms with Gasteiger partial charge in [0.15, 0.2) is 0 Å². The summed E-state index contributed by atoms with van der Waals surface area (Å²) in [6, 6.07) is 14.2. The summed E-state index contributed by atoms with van der Waals surface area (Å²) in [5.74, 6) is 1.46. The molecular formula is C17H15NOS. The summed E-state index contributed by atoms with van der Waals surface area (Å²) < 4.78 is 5.93. The Balaban J connectivity index is 1.94. The summed E-state index contributed by atoms with van der Waals surface area (Å²) >= 11 is 1.56. The van der Waals surface area contributed by atoms with Crippen molar-refractivity contribution < 1.29 is 4.74 Å². The first kappa shape index (κ1) is 13.1. The number of nitriles is 1. The van der Waals surface area contributed by atoms with Gasteiger partial charge in [-0.05, 0) is 60.9 Å². The number of ether oxygens (including phenoxy) is 1. The van der Waals surface area contributed by atoms with E-state index in [-0.39, 0.29) is 0 Å². The average molecular weight is 281 g/mol. The molecule has 0 aromatic heterocycles. The number of thioether (sulfide) groups is 1. The molecule has 0 unspecified atom stereocenters. The maximum atomic E-state index is 9.32. The van der Waals surface area contributed by atoms with Gasteiger partial charge in [-0.25, -0.2) is 0 Å². The quantitative estimate of drug-likeness (QED) is 0.773. The van der Waals surface area contributed by atoms with Crippen LogP contribution in [-0.2, 0) is 12.8 Å². The average Bonchev–Trinajstić information content (AvgIpc) is 2.94. The smallest absolute Gasteiger partial charge is 0.146 e. The summed E-state index contributed by atoms with van der Waals surface area (Å²) in [5.41, 5.74) is 3.42. The van der Waals surface area contributed by atoms with Gasteiger partial charge in [0, 0.05) is 4.90 Å². The molecule has 0 atom stereocenters. The Morgan fingerprint density at radius 3 is 2.80 bits per heavy atom. The molecule has 0 aliphatic heterocycles. The van der Waals surface area contributed by atoms with Gasteiger partial charge in [0.05, 0.1) is 0 Å². The lowest BCUT2D eigenvalue weighted by Gasteiger charge is -2.10. The molecule has 0 saturated heterocycles. The Morgan fingerprint density at radius 1 is 1.15 bits per heavy atom. The highest BCUT2D eigenvalue weighted by atomic mass is 32.2. The summed E-state index contributed by atoms with van der Waals surface area (Å²) in [4.78, 5) is 0.950.